The van der Waals surface area contributed by atoms with Crippen LogP contribution in [-0.2, 0) is 23.1 Å². The van der Waals surface area contributed by atoms with Crippen molar-refractivity contribution in [3.63, 3.8) is 0 Å². The van der Waals surface area contributed by atoms with Gasteiger partial charge in [-0.3, -0.25) is 4.57 Å². The molecule has 0 aliphatic heterocycles. The monoisotopic (exact) mass is 467 g/mol. The predicted octanol–water partition coefficient (Wildman–Crippen LogP) is 5.05. The lowest BCUT2D eigenvalue weighted by atomic mass is 10.0. The molecule has 0 aromatic heterocycles. The smallest absolute Gasteiger partial charge is 0.508 e. The molecule has 0 bridgehead atoms. The molecule has 0 spiro atoms. The van der Waals surface area contributed by atoms with E-state index in [-0.39, 0.29) is 19.8 Å². The van der Waals surface area contributed by atoms with Gasteiger partial charge >= 0.3 is 6.16 Å². The Morgan fingerprint density at radius 2 is 1.45 bits per heavy atom. The molecule has 0 fully saturated rings. The third kappa shape index (κ3) is 21.0. The maximum absolute atomic E-state index is 12.0. The summed E-state index contributed by atoms with van der Waals surface area (Å²) in [4.78, 5) is 23.6. The van der Waals surface area contributed by atoms with Gasteiger partial charge in [0.15, 0.2) is 0 Å². The largest absolute Gasteiger partial charge is 0.756 e. The van der Waals surface area contributed by atoms with Gasteiger partial charge in [0.1, 0.15) is 19.3 Å². The van der Waals surface area contributed by atoms with Gasteiger partial charge in [-0.15, -0.1) is 0 Å². The number of likely N-dealkylation sites (N-methyl/N-ethyl adjacent to an activating group) is 1. The lowest BCUT2D eigenvalue weighted by Gasteiger charge is -2.28. The molecular formula is C22H46NO7P. The number of ether oxygens (including phenoxy) is 2. The highest BCUT2D eigenvalue weighted by Gasteiger charge is 2.20. The number of unbranched alkanes of at least 4 members (excludes halogenated alkanes) is 9. The summed E-state index contributed by atoms with van der Waals surface area (Å²) in [6, 6.07) is 0. The summed E-state index contributed by atoms with van der Waals surface area (Å²) in [5.41, 5.74) is 0. The van der Waals surface area contributed by atoms with Crippen molar-refractivity contribution >= 4 is 14.0 Å². The minimum atomic E-state index is -4.45. The van der Waals surface area contributed by atoms with Crippen molar-refractivity contribution in [2.24, 2.45) is 0 Å². The topological polar surface area (TPSA) is 94.1 Å². The Morgan fingerprint density at radius 1 is 0.903 bits per heavy atom. The van der Waals surface area contributed by atoms with Gasteiger partial charge in [0.05, 0.1) is 34.4 Å². The Labute approximate surface area is 189 Å². The van der Waals surface area contributed by atoms with E-state index < -0.39 is 20.1 Å². The van der Waals surface area contributed by atoms with Crippen molar-refractivity contribution in [1.29, 1.82) is 0 Å². The number of nitrogens with zero attached hydrogens (tertiary/aromatic N) is 1. The summed E-state index contributed by atoms with van der Waals surface area (Å²) in [7, 11) is 1.37. The molecule has 2 unspecified atom stereocenters. The maximum Gasteiger partial charge on any atom is 0.508 e. The maximum atomic E-state index is 12.0. The average molecular weight is 468 g/mol. The van der Waals surface area contributed by atoms with Gasteiger partial charge in [0, 0.05) is 0 Å². The van der Waals surface area contributed by atoms with Crippen LogP contribution in [0.25, 0.3) is 0 Å². The Balaban J connectivity index is 4.22. The number of phosphoric ester groups is 1. The summed E-state index contributed by atoms with van der Waals surface area (Å²) in [6.07, 6.45) is 10.9. The molecule has 0 amide bonds. The van der Waals surface area contributed by atoms with Crippen LogP contribution in [-0.4, -0.2) is 64.3 Å². The van der Waals surface area contributed by atoms with E-state index in [2.05, 4.69) is 6.92 Å². The van der Waals surface area contributed by atoms with E-state index in [0.29, 0.717) is 17.4 Å². The summed E-state index contributed by atoms with van der Waals surface area (Å²) in [5, 5.41) is 0. The first kappa shape index (κ1) is 30.3. The molecule has 31 heavy (non-hydrogen) atoms. The first-order valence-electron chi connectivity index (χ1n) is 11.8. The van der Waals surface area contributed by atoms with Gasteiger partial charge < -0.3 is 27.9 Å². The second kappa shape index (κ2) is 17.8. The summed E-state index contributed by atoms with van der Waals surface area (Å²) in [5.74, 6) is 0. The van der Waals surface area contributed by atoms with Crippen LogP contribution in [0, 0.1) is 0 Å². The zero-order valence-corrected chi connectivity index (χ0v) is 21.3. The third-order valence-corrected chi connectivity index (χ3v) is 5.80. The van der Waals surface area contributed by atoms with E-state index in [1.54, 1.807) is 6.92 Å². The van der Waals surface area contributed by atoms with E-state index in [9.17, 15) is 14.3 Å². The highest BCUT2D eigenvalue weighted by atomic mass is 31.2. The molecule has 186 valence electrons. The molecule has 0 heterocycles. The third-order valence-electron chi connectivity index (χ3n) is 4.83. The van der Waals surface area contributed by atoms with Crippen molar-refractivity contribution in [2.75, 3.05) is 47.5 Å². The van der Waals surface area contributed by atoms with Crippen molar-refractivity contribution in [2.45, 2.75) is 90.6 Å². The van der Waals surface area contributed by atoms with E-state index in [1.165, 1.54) is 44.9 Å². The van der Waals surface area contributed by atoms with Crippen LogP contribution in [0.3, 0.4) is 0 Å². The second-order valence-corrected chi connectivity index (χ2v) is 10.4. The standard InChI is InChI=1S/C22H46NO7P/c1-6-8-9-10-11-12-13-14-15-16-17-21(30-22(24)27-7-2)20-29-31(25,26)28-19-18-23(3,4)5/h21H,6-20H2,1-5H3. The Morgan fingerprint density at radius 3 is 1.97 bits per heavy atom. The van der Waals surface area contributed by atoms with Crippen LogP contribution in [0.15, 0.2) is 0 Å². The molecule has 0 aliphatic rings. The van der Waals surface area contributed by atoms with Gasteiger partial charge in [0.25, 0.3) is 7.82 Å². The quantitative estimate of drug-likeness (QED) is 0.107. The zero-order chi connectivity index (χ0) is 23.6. The molecule has 9 heteroatoms. The van der Waals surface area contributed by atoms with Crippen molar-refractivity contribution < 1.29 is 37.3 Å². The van der Waals surface area contributed by atoms with E-state index in [4.69, 9.17) is 18.5 Å². The number of carbonyl (C=O) groups excluding carboxylic acids is 1. The minimum Gasteiger partial charge on any atom is -0.756 e. The first-order valence-corrected chi connectivity index (χ1v) is 13.3. The van der Waals surface area contributed by atoms with Gasteiger partial charge in [-0.1, -0.05) is 64.7 Å². The van der Waals surface area contributed by atoms with Crippen LogP contribution in [0.4, 0.5) is 4.79 Å². The number of carbonyl (C=O) groups is 1. The molecule has 0 aromatic carbocycles. The molecule has 0 saturated carbocycles. The van der Waals surface area contributed by atoms with Crippen LogP contribution >= 0.6 is 7.82 Å². The van der Waals surface area contributed by atoms with Gasteiger partial charge in [-0.05, 0) is 19.8 Å². The molecule has 2 atom stereocenters. The lowest BCUT2D eigenvalue weighted by molar-refractivity contribution is -0.870. The molecule has 0 aromatic rings. The van der Waals surface area contributed by atoms with Crippen LogP contribution in [0.5, 0.6) is 0 Å². The number of quaternary nitrogens is 1. The summed E-state index contributed by atoms with van der Waals surface area (Å²) in [6.45, 7) is 4.39. The Kier molecular flexibility index (Phi) is 17.5. The molecule has 0 N–H and O–H groups in total. The predicted molar refractivity (Wildman–Crippen MR) is 121 cm³/mol. The van der Waals surface area contributed by atoms with Gasteiger partial charge in [-0.25, -0.2) is 4.79 Å². The number of phosphoric acid groups is 1. The fourth-order valence-corrected chi connectivity index (χ4v) is 3.69. The van der Waals surface area contributed by atoms with Crippen molar-refractivity contribution in [1.82, 2.24) is 0 Å². The van der Waals surface area contributed by atoms with Gasteiger partial charge in [0.2, 0.25) is 0 Å². The van der Waals surface area contributed by atoms with Crippen molar-refractivity contribution in [3.8, 4) is 0 Å². The van der Waals surface area contributed by atoms with E-state index in [0.717, 1.165) is 19.3 Å². The Bertz CT molecular complexity index is 497. The lowest BCUT2D eigenvalue weighted by Crippen LogP contribution is -2.37. The Hall–Kier alpha value is -0.660. The number of rotatable bonds is 20. The number of hydrogen-bond donors (Lipinski definition) is 0. The molecule has 8 nitrogen and oxygen atoms in total. The normalized spacial score (nSPS) is 14.8. The average Bonchev–Trinajstić information content (AvgIpc) is 2.66. The van der Waals surface area contributed by atoms with E-state index >= 15 is 0 Å². The van der Waals surface area contributed by atoms with Crippen LogP contribution in [0.1, 0.15) is 84.5 Å². The van der Waals surface area contributed by atoms with Gasteiger partial charge in [-0.2, -0.15) is 0 Å². The van der Waals surface area contributed by atoms with Crippen LogP contribution in [0.2, 0.25) is 0 Å². The molecular weight excluding hydrogens is 421 g/mol. The fourth-order valence-electron chi connectivity index (χ4n) is 2.96. The minimum absolute atomic E-state index is 0.0339. The molecule has 0 saturated heterocycles. The highest BCUT2D eigenvalue weighted by Crippen LogP contribution is 2.38. The van der Waals surface area contributed by atoms with E-state index in [1.807, 2.05) is 21.1 Å². The summed E-state index contributed by atoms with van der Waals surface area (Å²) >= 11 is 0. The second-order valence-electron chi connectivity index (χ2n) is 8.98. The van der Waals surface area contributed by atoms with Crippen molar-refractivity contribution in [3.05, 3.63) is 0 Å². The highest BCUT2D eigenvalue weighted by molar-refractivity contribution is 7.45. The molecule has 0 rings (SSSR count). The van der Waals surface area contributed by atoms with Crippen LogP contribution < -0.4 is 4.89 Å². The zero-order valence-electron chi connectivity index (χ0n) is 20.4. The first-order chi connectivity index (χ1) is 14.6. The molecule has 0 aliphatic carbocycles. The molecule has 0 radical (unpaired) electrons. The summed E-state index contributed by atoms with van der Waals surface area (Å²) < 4.78 is 32.5. The fraction of sp³-hybridized carbons (Fsp3) is 0.955. The number of hydrogen-bond acceptors (Lipinski definition) is 7. The SMILES string of the molecule is CCCCCCCCCCCCC(COP(=O)([O-])OCC[N+](C)(C)C)OC(=O)OCC.